The van der Waals surface area contributed by atoms with E-state index in [4.69, 9.17) is 11.7 Å². The molecule has 0 unspecified atom stereocenters. The maximum Gasteiger partial charge on any atom is 0.259 e. The fourth-order valence-corrected chi connectivity index (χ4v) is 3.39. The number of carbonyl (C=O) groups excluding carboxylic acids is 1. The molecule has 0 aliphatic heterocycles. The van der Waals surface area contributed by atoms with Gasteiger partial charge >= 0.3 is 0 Å². The number of fused-ring (bicyclic) bond motifs is 1. The third-order valence-electron chi connectivity index (χ3n) is 4.08. The number of nitrogens with zero attached hydrogens (tertiary/aromatic N) is 4. The Hall–Kier alpha value is -3.31. The van der Waals surface area contributed by atoms with Crippen LogP contribution >= 0.6 is 11.3 Å². The summed E-state index contributed by atoms with van der Waals surface area (Å²) in [4.78, 5) is 21.2. The van der Waals surface area contributed by atoms with Gasteiger partial charge in [-0.2, -0.15) is 5.10 Å². The number of hydrogen-bond donors (Lipinski definition) is 4. The minimum Gasteiger partial charge on any atom is -0.365 e. The predicted octanol–water partition coefficient (Wildman–Crippen LogP) is 2.33. The molecule has 3 rings (SSSR count). The summed E-state index contributed by atoms with van der Waals surface area (Å²) in [5.74, 6) is 10.6. The summed E-state index contributed by atoms with van der Waals surface area (Å²) in [5.41, 5.74) is 0.749. The van der Waals surface area contributed by atoms with Gasteiger partial charge in [-0.15, -0.1) is 0 Å². The molecule has 9 nitrogen and oxygen atoms in total. The van der Waals surface area contributed by atoms with Crippen LogP contribution in [0, 0.1) is 5.82 Å². The fraction of sp³-hybridized carbons (Fsp3) is 0.222. The van der Waals surface area contributed by atoms with Gasteiger partial charge in [0.2, 0.25) is 0 Å². The van der Waals surface area contributed by atoms with E-state index in [1.807, 2.05) is 13.8 Å². The molecule has 29 heavy (non-hydrogen) atoms. The molecule has 152 valence electrons. The van der Waals surface area contributed by atoms with Crippen LogP contribution in [0.4, 0.5) is 15.3 Å². The van der Waals surface area contributed by atoms with Crippen LogP contribution in [0.2, 0.25) is 0 Å². The summed E-state index contributed by atoms with van der Waals surface area (Å²) >= 11 is 1.33. The summed E-state index contributed by atoms with van der Waals surface area (Å²) < 4.78 is 15.1. The molecule has 0 saturated carbocycles. The number of benzene rings is 1. The van der Waals surface area contributed by atoms with E-state index in [2.05, 4.69) is 25.7 Å². The lowest BCUT2D eigenvalue weighted by atomic mass is 10.2. The number of thiazole rings is 1. The molecule has 1 amide bonds. The Morgan fingerprint density at radius 1 is 1.31 bits per heavy atom. The monoisotopic (exact) mass is 416 g/mol. The highest BCUT2D eigenvalue weighted by atomic mass is 32.1. The van der Waals surface area contributed by atoms with E-state index in [1.165, 1.54) is 28.5 Å². The van der Waals surface area contributed by atoms with Crippen molar-refractivity contribution in [2.75, 3.05) is 17.7 Å². The Kier molecular flexibility index (Phi) is 5.89. The van der Waals surface area contributed by atoms with Gasteiger partial charge in [-0.25, -0.2) is 20.2 Å². The summed E-state index contributed by atoms with van der Waals surface area (Å²) in [6.07, 6.45) is 0. The Morgan fingerprint density at radius 3 is 2.72 bits per heavy atom. The van der Waals surface area contributed by atoms with Crippen LogP contribution in [0.1, 0.15) is 29.9 Å². The van der Waals surface area contributed by atoms with Crippen molar-refractivity contribution in [1.29, 1.82) is 0 Å². The topological polar surface area (TPSA) is 135 Å². The summed E-state index contributed by atoms with van der Waals surface area (Å²) in [7, 11) is 1.72. The van der Waals surface area contributed by atoms with Crippen molar-refractivity contribution < 1.29 is 9.18 Å². The summed E-state index contributed by atoms with van der Waals surface area (Å²) in [6, 6.07) is 7.54. The lowest BCUT2D eigenvalue weighted by Gasteiger charge is -2.23. The number of carbonyl (C=O) groups is 1. The minimum atomic E-state index is -0.670. The van der Waals surface area contributed by atoms with Gasteiger partial charge in [0.1, 0.15) is 17.3 Å². The number of amides is 1. The normalized spacial score (nSPS) is 11.7. The zero-order chi connectivity index (χ0) is 21.1. The number of halogens is 1. The molecular formula is C18H21FN8OS. The van der Waals surface area contributed by atoms with Gasteiger partial charge in [0.05, 0.1) is 15.8 Å². The maximum absolute atomic E-state index is 14.4. The number of nitrogens with two attached hydrogens (primary N) is 2. The van der Waals surface area contributed by atoms with Gasteiger partial charge < -0.3 is 16.5 Å². The number of hydrazone groups is 1. The lowest BCUT2D eigenvalue weighted by molar-refractivity contribution is 0.102. The van der Waals surface area contributed by atoms with Gasteiger partial charge in [-0.1, -0.05) is 17.4 Å². The Morgan fingerprint density at radius 2 is 2.07 bits per heavy atom. The van der Waals surface area contributed by atoms with E-state index in [0.29, 0.717) is 21.0 Å². The van der Waals surface area contributed by atoms with Gasteiger partial charge in [0, 0.05) is 19.2 Å². The van der Waals surface area contributed by atoms with Crippen molar-refractivity contribution in [1.82, 2.24) is 15.0 Å². The molecule has 1 aromatic carbocycles. The van der Waals surface area contributed by atoms with Crippen LogP contribution in [0.3, 0.4) is 0 Å². The molecule has 0 spiro atoms. The van der Waals surface area contributed by atoms with E-state index >= 15 is 0 Å². The van der Waals surface area contributed by atoms with Crippen LogP contribution in [0.5, 0.6) is 0 Å². The first kappa shape index (κ1) is 20.4. The van der Waals surface area contributed by atoms with Crippen molar-refractivity contribution >= 4 is 44.2 Å². The molecule has 0 aliphatic rings. The number of amidine groups is 1. The van der Waals surface area contributed by atoms with Crippen molar-refractivity contribution in [3.8, 4) is 0 Å². The SMILES string of the molecule is CNc1nc2cc(F)c(C(=O)Nc3cccc(/C(=N/N)N(N)C(C)C)n3)cc2s1. The Balaban J connectivity index is 1.88. The number of aromatic nitrogens is 2. The standard InChI is InChI=1S/C18H21FN8OS/c1-9(2)27(21)16(26-20)12-5-4-6-15(23-12)25-17(28)10-7-14-13(8-11(10)19)24-18(22-3)29-14/h4-9H,20-21H2,1-3H3,(H,22,24)(H,23,25,28)/b26-16-. The number of pyridine rings is 1. The highest BCUT2D eigenvalue weighted by molar-refractivity contribution is 7.22. The molecule has 6 N–H and O–H groups in total. The first-order valence-corrected chi connectivity index (χ1v) is 9.54. The van der Waals surface area contributed by atoms with Crippen LogP contribution in [0.25, 0.3) is 10.2 Å². The first-order valence-electron chi connectivity index (χ1n) is 8.72. The molecule has 0 fully saturated rings. The van der Waals surface area contributed by atoms with E-state index in [9.17, 15) is 9.18 Å². The number of rotatable bonds is 5. The third kappa shape index (κ3) is 4.25. The molecule has 0 saturated heterocycles. The largest absolute Gasteiger partial charge is 0.365 e. The Bertz CT molecular complexity index is 1080. The second kappa shape index (κ2) is 8.37. The third-order valence-corrected chi connectivity index (χ3v) is 5.11. The fourth-order valence-electron chi connectivity index (χ4n) is 2.55. The van der Waals surface area contributed by atoms with Crippen LogP contribution in [-0.2, 0) is 0 Å². The minimum absolute atomic E-state index is 0.0694. The van der Waals surface area contributed by atoms with Crippen LogP contribution in [0.15, 0.2) is 35.4 Å². The Labute approximate surface area is 170 Å². The van der Waals surface area contributed by atoms with Gasteiger partial charge in [-0.3, -0.25) is 9.80 Å². The summed E-state index contributed by atoms with van der Waals surface area (Å²) in [6.45, 7) is 3.74. The van der Waals surface area contributed by atoms with Gasteiger partial charge in [0.25, 0.3) is 5.91 Å². The number of nitrogens with one attached hydrogen (secondary N) is 2. The van der Waals surface area contributed by atoms with Crippen LogP contribution in [-0.4, -0.2) is 39.8 Å². The average molecular weight is 416 g/mol. The molecular weight excluding hydrogens is 395 g/mol. The number of hydrogen-bond acceptors (Lipinski definition) is 8. The molecule has 11 heteroatoms. The molecule has 0 radical (unpaired) electrons. The van der Waals surface area contributed by atoms with Crippen LogP contribution < -0.4 is 22.3 Å². The second-order valence-electron chi connectivity index (χ2n) is 6.38. The highest BCUT2D eigenvalue weighted by Crippen LogP contribution is 2.28. The van der Waals surface area contributed by atoms with Crippen molar-refractivity contribution in [2.45, 2.75) is 19.9 Å². The highest BCUT2D eigenvalue weighted by Gasteiger charge is 2.18. The van der Waals surface area contributed by atoms with Crippen molar-refractivity contribution in [2.24, 2.45) is 16.8 Å². The lowest BCUT2D eigenvalue weighted by Crippen LogP contribution is -2.44. The number of anilines is 2. The molecule has 0 atom stereocenters. The predicted molar refractivity (Wildman–Crippen MR) is 113 cm³/mol. The van der Waals surface area contributed by atoms with Gasteiger partial charge in [-0.05, 0) is 32.0 Å². The van der Waals surface area contributed by atoms with Crippen molar-refractivity contribution in [3.63, 3.8) is 0 Å². The molecule has 2 heterocycles. The summed E-state index contributed by atoms with van der Waals surface area (Å²) in [5, 5.41) is 11.2. The molecule has 2 aromatic heterocycles. The van der Waals surface area contributed by atoms with E-state index in [-0.39, 0.29) is 23.3 Å². The average Bonchev–Trinajstić information content (AvgIpc) is 3.10. The second-order valence-corrected chi connectivity index (χ2v) is 7.42. The van der Waals surface area contributed by atoms with E-state index in [1.54, 1.807) is 25.2 Å². The van der Waals surface area contributed by atoms with E-state index in [0.717, 1.165) is 0 Å². The molecule has 3 aromatic rings. The smallest absolute Gasteiger partial charge is 0.259 e. The zero-order valence-corrected chi connectivity index (χ0v) is 16.9. The number of hydrazine groups is 1. The maximum atomic E-state index is 14.4. The first-order chi connectivity index (χ1) is 13.8. The zero-order valence-electron chi connectivity index (χ0n) is 16.1. The molecule has 0 aliphatic carbocycles. The molecule has 0 bridgehead atoms. The van der Waals surface area contributed by atoms with Gasteiger partial charge in [0.15, 0.2) is 11.0 Å². The quantitative estimate of drug-likeness (QED) is 0.217. The van der Waals surface area contributed by atoms with Crippen molar-refractivity contribution in [3.05, 3.63) is 47.4 Å². The van der Waals surface area contributed by atoms with E-state index < -0.39 is 11.7 Å².